The first-order valence-corrected chi connectivity index (χ1v) is 6.61. The van der Waals surface area contributed by atoms with Crippen molar-refractivity contribution in [2.24, 2.45) is 0 Å². The quantitative estimate of drug-likeness (QED) is 0.630. The van der Waals surface area contributed by atoms with Crippen LogP contribution in [0.15, 0.2) is 51.6 Å². The van der Waals surface area contributed by atoms with Gasteiger partial charge in [0, 0.05) is 19.8 Å². The molecule has 0 unspecified atom stereocenters. The molecule has 0 fully saturated rings. The lowest BCUT2D eigenvalue weighted by atomic mass is 10.1. The summed E-state index contributed by atoms with van der Waals surface area (Å²) in [6.07, 6.45) is 3.29. The Labute approximate surface area is 120 Å². The minimum atomic E-state index is -0.151. The number of carbonyl (C=O) groups excluding carboxylic acids is 1. The van der Waals surface area contributed by atoms with Gasteiger partial charge in [0.25, 0.3) is 0 Å². The van der Waals surface area contributed by atoms with E-state index in [1.165, 1.54) is 6.08 Å². The molecule has 0 amide bonds. The van der Waals surface area contributed by atoms with Crippen molar-refractivity contribution in [3.63, 3.8) is 0 Å². The highest BCUT2D eigenvalue weighted by Crippen LogP contribution is 2.16. The number of hydrogen-bond acceptors (Lipinski definition) is 3. The average molecular weight is 320 g/mol. The van der Waals surface area contributed by atoms with E-state index in [9.17, 15) is 4.79 Å². The van der Waals surface area contributed by atoms with Crippen LogP contribution in [0.4, 0.5) is 5.69 Å². The lowest BCUT2D eigenvalue weighted by Crippen LogP contribution is -2.07. The first-order chi connectivity index (χ1) is 9.06. The first-order valence-electron chi connectivity index (χ1n) is 5.81. The van der Waals surface area contributed by atoms with Crippen LogP contribution < -0.4 is 4.90 Å². The summed E-state index contributed by atoms with van der Waals surface area (Å²) in [5.41, 5.74) is 2.10. The lowest BCUT2D eigenvalue weighted by Gasteiger charge is -2.11. The molecule has 0 spiro atoms. The smallest absolute Gasteiger partial charge is 0.221 e. The standard InChI is InChI=1S/C15H14BrNO2/c1-17(2)12-6-3-11(4-7-12)5-8-13(18)14-9-10-15(16)19-14/h3-10H,1-2H3. The summed E-state index contributed by atoms with van der Waals surface area (Å²) in [7, 11) is 3.98. The number of benzene rings is 1. The molecule has 0 N–H and O–H groups in total. The normalized spacial score (nSPS) is 10.9. The summed E-state index contributed by atoms with van der Waals surface area (Å²) in [5.74, 6) is 0.176. The van der Waals surface area contributed by atoms with Gasteiger partial charge >= 0.3 is 0 Å². The SMILES string of the molecule is CN(C)c1ccc(C=CC(=O)c2ccc(Br)o2)cc1. The highest BCUT2D eigenvalue weighted by Gasteiger charge is 2.06. The molecule has 1 heterocycles. The molecular formula is C15H14BrNO2. The summed E-state index contributed by atoms with van der Waals surface area (Å²) in [6, 6.07) is 11.3. The number of halogens is 1. The Morgan fingerprint density at radius 3 is 2.37 bits per heavy atom. The van der Waals surface area contributed by atoms with Gasteiger partial charge in [0.15, 0.2) is 10.4 Å². The Hall–Kier alpha value is -1.81. The zero-order valence-corrected chi connectivity index (χ0v) is 12.3. The minimum absolute atomic E-state index is 0.151. The van der Waals surface area contributed by atoms with Crippen LogP contribution in [-0.4, -0.2) is 19.9 Å². The Kier molecular flexibility index (Phi) is 4.22. The van der Waals surface area contributed by atoms with Gasteiger partial charge in [-0.25, -0.2) is 0 Å². The number of rotatable bonds is 4. The number of anilines is 1. The zero-order valence-electron chi connectivity index (χ0n) is 10.8. The van der Waals surface area contributed by atoms with Crippen LogP contribution in [0.5, 0.6) is 0 Å². The Balaban J connectivity index is 2.08. The fourth-order valence-electron chi connectivity index (χ4n) is 1.58. The van der Waals surface area contributed by atoms with Crippen LogP contribution in [0, 0.1) is 0 Å². The molecule has 0 radical (unpaired) electrons. The molecule has 2 aromatic rings. The molecule has 1 aromatic carbocycles. The highest BCUT2D eigenvalue weighted by atomic mass is 79.9. The van der Waals surface area contributed by atoms with E-state index >= 15 is 0 Å². The van der Waals surface area contributed by atoms with Crippen molar-refractivity contribution >= 4 is 33.5 Å². The summed E-state index contributed by atoms with van der Waals surface area (Å²) >= 11 is 3.17. The van der Waals surface area contributed by atoms with Crippen LogP contribution in [0.2, 0.25) is 0 Å². The number of nitrogens with zero attached hydrogens (tertiary/aromatic N) is 1. The second-order valence-corrected chi connectivity index (χ2v) is 5.07. The topological polar surface area (TPSA) is 33.5 Å². The van der Waals surface area contributed by atoms with Crippen LogP contribution >= 0.6 is 15.9 Å². The largest absolute Gasteiger partial charge is 0.446 e. The van der Waals surface area contributed by atoms with Gasteiger partial charge in [-0.3, -0.25) is 4.79 Å². The van der Waals surface area contributed by atoms with Crippen molar-refractivity contribution in [3.05, 3.63) is 58.5 Å². The van der Waals surface area contributed by atoms with Gasteiger partial charge in [-0.05, 0) is 51.8 Å². The van der Waals surface area contributed by atoms with E-state index in [4.69, 9.17) is 4.42 Å². The molecule has 0 aliphatic carbocycles. The third-order valence-corrected chi connectivity index (χ3v) is 3.08. The van der Waals surface area contributed by atoms with Gasteiger partial charge in [-0.1, -0.05) is 18.2 Å². The summed E-state index contributed by atoms with van der Waals surface area (Å²) < 4.78 is 5.75. The fourth-order valence-corrected chi connectivity index (χ4v) is 1.89. The molecule has 1 aromatic heterocycles. The molecule has 19 heavy (non-hydrogen) atoms. The number of carbonyl (C=O) groups is 1. The van der Waals surface area contributed by atoms with Crippen molar-refractivity contribution in [2.45, 2.75) is 0 Å². The van der Waals surface area contributed by atoms with E-state index in [0.717, 1.165) is 11.3 Å². The van der Waals surface area contributed by atoms with E-state index in [2.05, 4.69) is 15.9 Å². The van der Waals surface area contributed by atoms with Crippen molar-refractivity contribution in [3.8, 4) is 0 Å². The molecule has 2 rings (SSSR count). The molecule has 98 valence electrons. The van der Waals surface area contributed by atoms with Gasteiger partial charge in [-0.15, -0.1) is 0 Å². The van der Waals surface area contributed by atoms with E-state index in [0.29, 0.717) is 10.4 Å². The average Bonchev–Trinajstić information content (AvgIpc) is 2.83. The van der Waals surface area contributed by atoms with Crippen molar-refractivity contribution in [1.82, 2.24) is 0 Å². The molecule has 0 bridgehead atoms. The van der Waals surface area contributed by atoms with E-state index < -0.39 is 0 Å². The van der Waals surface area contributed by atoms with Crippen LogP contribution in [0.3, 0.4) is 0 Å². The molecule has 0 saturated heterocycles. The van der Waals surface area contributed by atoms with Crippen LogP contribution in [0.25, 0.3) is 6.08 Å². The van der Waals surface area contributed by atoms with E-state index in [1.54, 1.807) is 18.2 Å². The number of ketones is 1. The molecule has 3 nitrogen and oxygen atoms in total. The van der Waals surface area contributed by atoms with Crippen molar-refractivity contribution in [1.29, 1.82) is 0 Å². The third-order valence-electron chi connectivity index (χ3n) is 2.65. The maximum absolute atomic E-state index is 11.8. The molecular weight excluding hydrogens is 306 g/mol. The highest BCUT2D eigenvalue weighted by molar-refractivity contribution is 9.10. The third kappa shape index (κ3) is 3.58. The summed E-state index contributed by atoms with van der Waals surface area (Å²) in [4.78, 5) is 13.8. The van der Waals surface area contributed by atoms with E-state index in [1.807, 2.05) is 43.3 Å². The second-order valence-electron chi connectivity index (χ2n) is 4.29. The molecule has 0 aliphatic heterocycles. The van der Waals surface area contributed by atoms with Gasteiger partial charge in [0.2, 0.25) is 5.78 Å². The minimum Gasteiger partial charge on any atom is -0.446 e. The molecule has 0 saturated carbocycles. The predicted molar refractivity (Wildman–Crippen MR) is 80.5 cm³/mol. The maximum Gasteiger partial charge on any atom is 0.221 e. The molecule has 0 aliphatic rings. The van der Waals surface area contributed by atoms with E-state index in [-0.39, 0.29) is 5.78 Å². The van der Waals surface area contributed by atoms with Crippen LogP contribution in [-0.2, 0) is 0 Å². The summed E-state index contributed by atoms with van der Waals surface area (Å²) in [5, 5.41) is 0. The van der Waals surface area contributed by atoms with Crippen molar-refractivity contribution < 1.29 is 9.21 Å². The summed E-state index contributed by atoms with van der Waals surface area (Å²) in [6.45, 7) is 0. The van der Waals surface area contributed by atoms with Crippen molar-refractivity contribution in [2.75, 3.05) is 19.0 Å². The number of hydrogen-bond donors (Lipinski definition) is 0. The number of allylic oxidation sites excluding steroid dienone is 1. The first kappa shape index (κ1) is 13.6. The Morgan fingerprint density at radius 2 is 1.84 bits per heavy atom. The number of furan rings is 1. The van der Waals surface area contributed by atoms with Gasteiger partial charge in [0.1, 0.15) is 0 Å². The monoisotopic (exact) mass is 319 g/mol. The van der Waals surface area contributed by atoms with Gasteiger partial charge in [0.05, 0.1) is 0 Å². The van der Waals surface area contributed by atoms with Crippen LogP contribution in [0.1, 0.15) is 16.1 Å². The molecule has 0 atom stereocenters. The molecule has 4 heteroatoms. The fraction of sp³-hybridized carbons (Fsp3) is 0.133. The maximum atomic E-state index is 11.8. The predicted octanol–water partition coefficient (Wildman–Crippen LogP) is 4.00. The zero-order chi connectivity index (χ0) is 13.8. The lowest BCUT2D eigenvalue weighted by molar-refractivity contribution is 0.102. The Morgan fingerprint density at radius 1 is 1.16 bits per heavy atom. The van der Waals surface area contributed by atoms with Gasteiger partial charge in [-0.2, -0.15) is 0 Å². The second kappa shape index (κ2) is 5.89. The van der Waals surface area contributed by atoms with Gasteiger partial charge < -0.3 is 9.32 Å². The Bertz CT molecular complexity index is 597.